The fourth-order valence-corrected chi connectivity index (χ4v) is 1.42. The maximum absolute atomic E-state index is 10.7. The van der Waals surface area contributed by atoms with Crippen molar-refractivity contribution in [1.29, 1.82) is 0 Å². The number of hydrogen-bond donors (Lipinski definition) is 0. The summed E-state index contributed by atoms with van der Waals surface area (Å²) in [7, 11) is 0. The highest BCUT2D eigenvalue weighted by atomic mass is 35.5. The molecule has 0 saturated carbocycles. The summed E-state index contributed by atoms with van der Waals surface area (Å²) >= 11 is 5.21. The first kappa shape index (κ1) is 11.8. The van der Waals surface area contributed by atoms with Gasteiger partial charge in [-0.2, -0.15) is 0 Å². The SMILES string of the molecule is C/C=C/Cc1cccc(C)c1OC(=O)Cl. The van der Waals surface area contributed by atoms with Crippen LogP contribution in [0.4, 0.5) is 4.79 Å². The van der Waals surface area contributed by atoms with Crippen LogP contribution in [0.15, 0.2) is 30.4 Å². The van der Waals surface area contributed by atoms with Gasteiger partial charge in [-0.3, -0.25) is 0 Å². The van der Waals surface area contributed by atoms with E-state index in [4.69, 9.17) is 16.3 Å². The number of carbonyl (C=O) groups is 1. The largest absolute Gasteiger partial charge is 0.414 e. The van der Waals surface area contributed by atoms with E-state index < -0.39 is 5.43 Å². The first-order valence-electron chi connectivity index (χ1n) is 4.72. The lowest BCUT2D eigenvalue weighted by Gasteiger charge is -2.09. The molecule has 15 heavy (non-hydrogen) atoms. The molecule has 0 aliphatic carbocycles. The van der Waals surface area contributed by atoms with Gasteiger partial charge in [-0.15, -0.1) is 0 Å². The molecule has 0 saturated heterocycles. The molecule has 0 radical (unpaired) electrons. The maximum Gasteiger partial charge on any atom is 0.409 e. The molecule has 0 N–H and O–H groups in total. The third-order valence-corrected chi connectivity index (χ3v) is 2.13. The number of hydrogen-bond acceptors (Lipinski definition) is 2. The first-order valence-corrected chi connectivity index (χ1v) is 5.10. The van der Waals surface area contributed by atoms with E-state index in [1.165, 1.54) is 0 Å². The van der Waals surface area contributed by atoms with Gasteiger partial charge in [0, 0.05) is 11.6 Å². The Morgan fingerprint density at radius 3 is 2.87 bits per heavy atom. The molecule has 1 aromatic carbocycles. The van der Waals surface area contributed by atoms with Crippen molar-refractivity contribution in [3.63, 3.8) is 0 Å². The van der Waals surface area contributed by atoms with Crippen LogP contribution in [0, 0.1) is 6.92 Å². The van der Waals surface area contributed by atoms with Crippen molar-refractivity contribution in [3.8, 4) is 5.75 Å². The van der Waals surface area contributed by atoms with Crippen LogP contribution < -0.4 is 4.74 Å². The van der Waals surface area contributed by atoms with E-state index in [1.807, 2.05) is 44.2 Å². The van der Waals surface area contributed by atoms with Crippen LogP contribution >= 0.6 is 11.6 Å². The van der Waals surface area contributed by atoms with Gasteiger partial charge < -0.3 is 4.74 Å². The molecule has 0 amide bonds. The van der Waals surface area contributed by atoms with E-state index in [1.54, 1.807) is 0 Å². The number of carbonyl (C=O) groups excluding carboxylic acids is 1. The molecule has 0 unspecified atom stereocenters. The molecule has 0 aromatic heterocycles. The van der Waals surface area contributed by atoms with Crippen molar-refractivity contribution in [2.45, 2.75) is 20.3 Å². The van der Waals surface area contributed by atoms with Gasteiger partial charge in [-0.05, 0) is 31.4 Å². The molecule has 0 aliphatic rings. The molecular formula is C12H13ClO2. The number of allylic oxidation sites excluding steroid dienone is 2. The van der Waals surface area contributed by atoms with E-state index in [0.717, 1.165) is 17.5 Å². The Bertz CT molecular complexity index is 383. The highest BCUT2D eigenvalue weighted by molar-refractivity contribution is 6.61. The van der Waals surface area contributed by atoms with Crippen LogP contribution in [-0.4, -0.2) is 5.43 Å². The molecule has 2 nitrogen and oxygen atoms in total. The Kier molecular flexibility index (Phi) is 4.37. The van der Waals surface area contributed by atoms with Crippen LogP contribution in [0.1, 0.15) is 18.1 Å². The summed E-state index contributed by atoms with van der Waals surface area (Å²) in [4.78, 5) is 10.7. The second-order valence-electron chi connectivity index (χ2n) is 3.18. The Morgan fingerprint density at radius 1 is 1.53 bits per heavy atom. The third-order valence-electron chi connectivity index (χ3n) is 2.05. The van der Waals surface area contributed by atoms with E-state index in [2.05, 4.69) is 0 Å². The quantitative estimate of drug-likeness (QED) is 0.576. The Hall–Kier alpha value is -1.28. The lowest BCUT2D eigenvalue weighted by molar-refractivity contribution is 0.225. The van der Waals surface area contributed by atoms with Crippen LogP contribution in [0.5, 0.6) is 5.75 Å². The van der Waals surface area contributed by atoms with Crippen LogP contribution in [-0.2, 0) is 6.42 Å². The van der Waals surface area contributed by atoms with Crippen molar-refractivity contribution in [2.75, 3.05) is 0 Å². The minimum atomic E-state index is -0.800. The van der Waals surface area contributed by atoms with Crippen molar-refractivity contribution < 1.29 is 9.53 Å². The first-order chi connectivity index (χ1) is 7.15. The molecule has 1 rings (SSSR count). The van der Waals surface area contributed by atoms with Crippen molar-refractivity contribution in [2.24, 2.45) is 0 Å². The van der Waals surface area contributed by atoms with Gasteiger partial charge >= 0.3 is 5.43 Å². The van der Waals surface area contributed by atoms with Crippen LogP contribution in [0.25, 0.3) is 0 Å². The van der Waals surface area contributed by atoms with Crippen LogP contribution in [0.2, 0.25) is 0 Å². The van der Waals surface area contributed by atoms with Crippen molar-refractivity contribution >= 4 is 17.0 Å². The Morgan fingerprint density at radius 2 is 2.27 bits per heavy atom. The van der Waals surface area contributed by atoms with E-state index in [9.17, 15) is 4.79 Å². The Labute approximate surface area is 94.5 Å². The van der Waals surface area contributed by atoms with E-state index in [0.29, 0.717) is 5.75 Å². The van der Waals surface area contributed by atoms with Crippen molar-refractivity contribution in [1.82, 2.24) is 0 Å². The van der Waals surface area contributed by atoms with Gasteiger partial charge in [0.1, 0.15) is 5.75 Å². The summed E-state index contributed by atoms with van der Waals surface area (Å²) in [6.45, 7) is 3.83. The molecule has 0 spiro atoms. The third kappa shape index (κ3) is 3.40. The summed E-state index contributed by atoms with van der Waals surface area (Å²) < 4.78 is 4.97. The zero-order chi connectivity index (χ0) is 11.3. The number of rotatable bonds is 3. The average molecular weight is 225 g/mol. The van der Waals surface area contributed by atoms with Gasteiger partial charge in [-0.25, -0.2) is 4.79 Å². The standard InChI is InChI=1S/C12H13ClO2/c1-3-4-7-10-8-5-6-9(2)11(10)15-12(13)14/h3-6,8H,7H2,1-2H3/b4-3+. The number of aryl methyl sites for hydroxylation is 1. The van der Waals surface area contributed by atoms with Crippen molar-refractivity contribution in [3.05, 3.63) is 41.5 Å². The zero-order valence-corrected chi connectivity index (χ0v) is 9.54. The lowest BCUT2D eigenvalue weighted by atomic mass is 10.1. The fraction of sp³-hybridized carbons (Fsp3) is 0.250. The summed E-state index contributed by atoms with van der Waals surface area (Å²) in [5.41, 5.74) is 1.07. The van der Waals surface area contributed by atoms with Gasteiger partial charge in [0.2, 0.25) is 0 Å². The summed E-state index contributed by atoms with van der Waals surface area (Å²) in [6, 6.07) is 5.73. The number of ether oxygens (including phenoxy) is 1. The molecule has 0 bridgehead atoms. The predicted molar refractivity (Wildman–Crippen MR) is 61.6 cm³/mol. The normalized spacial score (nSPS) is 10.6. The second kappa shape index (κ2) is 5.56. The lowest BCUT2D eigenvalue weighted by Crippen LogP contribution is -2.01. The fourth-order valence-electron chi connectivity index (χ4n) is 1.35. The molecule has 3 heteroatoms. The second-order valence-corrected chi connectivity index (χ2v) is 3.48. The molecule has 0 aliphatic heterocycles. The van der Waals surface area contributed by atoms with Gasteiger partial charge in [0.15, 0.2) is 0 Å². The predicted octanol–water partition coefficient (Wildman–Crippen LogP) is 3.85. The number of para-hydroxylation sites is 1. The maximum atomic E-state index is 10.7. The van der Waals surface area contributed by atoms with E-state index in [-0.39, 0.29) is 0 Å². The van der Waals surface area contributed by atoms with E-state index >= 15 is 0 Å². The number of benzene rings is 1. The molecule has 0 atom stereocenters. The molecule has 80 valence electrons. The topological polar surface area (TPSA) is 26.3 Å². The summed E-state index contributed by atoms with van der Waals surface area (Å²) in [6.07, 6.45) is 4.69. The number of halogens is 1. The Balaban J connectivity index is 3.02. The smallest absolute Gasteiger partial charge is 0.409 e. The summed E-state index contributed by atoms with van der Waals surface area (Å²) in [5.74, 6) is 0.565. The van der Waals surface area contributed by atoms with Gasteiger partial charge in [-0.1, -0.05) is 30.4 Å². The molecule has 0 heterocycles. The average Bonchev–Trinajstić information content (AvgIpc) is 2.18. The molecular weight excluding hydrogens is 212 g/mol. The monoisotopic (exact) mass is 224 g/mol. The minimum absolute atomic E-state index is 0.565. The molecule has 1 aromatic rings. The van der Waals surface area contributed by atoms with Gasteiger partial charge in [0.05, 0.1) is 0 Å². The molecule has 0 fully saturated rings. The summed E-state index contributed by atoms with van der Waals surface area (Å²) in [5, 5.41) is 0. The van der Waals surface area contributed by atoms with Gasteiger partial charge in [0.25, 0.3) is 0 Å². The van der Waals surface area contributed by atoms with Crippen LogP contribution in [0.3, 0.4) is 0 Å². The zero-order valence-electron chi connectivity index (χ0n) is 8.79. The highest BCUT2D eigenvalue weighted by Crippen LogP contribution is 2.24. The highest BCUT2D eigenvalue weighted by Gasteiger charge is 2.08. The minimum Gasteiger partial charge on any atom is -0.414 e.